The number of nitrogens with one attached hydrogen (secondary N) is 1. The average molecular weight is 450 g/mol. The molecule has 0 unspecified atom stereocenters. The second-order valence-corrected chi connectivity index (χ2v) is 9.83. The molecule has 0 spiro atoms. The molecule has 6 heteroatoms. The number of hydrogen-bond acceptors (Lipinski definition) is 5. The van der Waals surface area contributed by atoms with Gasteiger partial charge in [0, 0.05) is 16.8 Å². The fourth-order valence-corrected chi connectivity index (χ4v) is 6.14. The van der Waals surface area contributed by atoms with E-state index in [0.717, 1.165) is 0 Å². The van der Waals surface area contributed by atoms with E-state index < -0.39 is 0 Å². The first-order chi connectivity index (χ1) is 15.2. The maximum Gasteiger partial charge on any atom is 0.262 e. The molecule has 31 heavy (non-hydrogen) atoms. The highest BCUT2D eigenvalue weighted by Gasteiger charge is 2.16. The largest absolute Gasteiger partial charge is 0.484 e. The van der Waals surface area contributed by atoms with Gasteiger partial charge in [-0.3, -0.25) is 9.59 Å². The van der Waals surface area contributed by atoms with Gasteiger partial charge in [-0.25, -0.2) is 0 Å². The lowest BCUT2D eigenvalue weighted by atomic mass is 10.0. The van der Waals surface area contributed by atoms with E-state index >= 15 is 0 Å². The van der Waals surface area contributed by atoms with E-state index in [1.54, 1.807) is 36.4 Å². The van der Waals surface area contributed by atoms with Crippen LogP contribution >= 0.6 is 23.5 Å². The quantitative estimate of drug-likeness (QED) is 0.462. The molecule has 1 aliphatic rings. The summed E-state index contributed by atoms with van der Waals surface area (Å²) in [6, 6.07) is 24.0. The molecule has 1 aliphatic heterocycles. The van der Waals surface area contributed by atoms with Crippen molar-refractivity contribution in [2.75, 3.05) is 23.4 Å². The number of thioether (sulfide) groups is 2. The fraction of sp³-hybridized carbons (Fsp3) is 0.200. The smallest absolute Gasteiger partial charge is 0.262 e. The Kier molecular flexibility index (Phi) is 7.33. The van der Waals surface area contributed by atoms with Gasteiger partial charge in [0.1, 0.15) is 5.75 Å². The molecule has 1 saturated heterocycles. The molecular weight excluding hydrogens is 426 g/mol. The number of amides is 1. The van der Waals surface area contributed by atoms with Crippen LogP contribution in [-0.2, 0) is 4.79 Å². The molecule has 0 radical (unpaired) electrons. The lowest BCUT2D eigenvalue weighted by molar-refractivity contribution is -0.118. The zero-order valence-electron chi connectivity index (χ0n) is 17.0. The van der Waals surface area contributed by atoms with E-state index in [2.05, 4.69) is 17.4 Å². The van der Waals surface area contributed by atoms with Crippen LogP contribution in [0.3, 0.4) is 0 Å². The van der Waals surface area contributed by atoms with Crippen molar-refractivity contribution < 1.29 is 14.3 Å². The normalized spacial score (nSPS) is 14.1. The third-order valence-corrected chi connectivity index (χ3v) is 7.81. The number of carbonyl (C=O) groups excluding carboxylic acids is 2. The van der Waals surface area contributed by atoms with Gasteiger partial charge in [-0.2, -0.15) is 0 Å². The molecule has 4 nitrogen and oxygen atoms in total. The topological polar surface area (TPSA) is 55.4 Å². The Bertz CT molecular complexity index is 1030. The van der Waals surface area contributed by atoms with Gasteiger partial charge in [-0.05, 0) is 47.8 Å². The summed E-state index contributed by atoms with van der Waals surface area (Å²) < 4.78 is 6.12. The SMILES string of the molecule is O=C(COc1ccc(C2SCCCS2)cc1)Nc1cccc(C(=O)c2ccccc2)c1. The number of rotatable bonds is 7. The monoisotopic (exact) mass is 449 g/mol. The summed E-state index contributed by atoms with van der Waals surface area (Å²) in [5.74, 6) is 2.72. The molecule has 3 aromatic carbocycles. The molecule has 0 bridgehead atoms. The minimum Gasteiger partial charge on any atom is -0.484 e. The Labute approximate surface area is 190 Å². The first-order valence-corrected chi connectivity index (χ1v) is 12.2. The second kappa shape index (κ2) is 10.6. The van der Waals surface area contributed by atoms with E-state index in [0.29, 0.717) is 27.1 Å². The van der Waals surface area contributed by atoms with Crippen LogP contribution in [0.1, 0.15) is 32.5 Å². The Morgan fingerprint density at radius 1 is 0.871 bits per heavy atom. The minimum absolute atomic E-state index is 0.0812. The van der Waals surface area contributed by atoms with Crippen molar-refractivity contribution in [1.29, 1.82) is 0 Å². The van der Waals surface area contributed by atoms with Gasteiger partial charge in [0.05, 0.1) is 4.58 Å². The second-order valence-electron chi connectivity index (χ2n) is 7.11. The molecule has 0 saturated carbocycles. The predicted molar refractivity (Wildman–Crippen MR) is 129 cm³/mol. The first kappa shape index (κ1) is 21.5. The Morgan fingerprint density at radius 3 is 2.32 bits per heavy atom. The van der Waals surface area contributed by atoms with Crippen LogP contribution in [0, 0.1) is 0 Å². The van der Waals surface area contributed by atoms with Crippen molar-refractivity contribution in [1.82, 2.24) is 0 Å². The van der Waals surface area contributed by atoms with E-state index in [1.807, 2.05) is 53.9 Å². The molecule has 1 N–H and O–H groups in total. The Morgan fingerprint density at radius 2 is 1.58 bits per heavy atom. The summed E-state index contributed by atoms with van der Waals surface area (Å²) in [4.78, 5) is 24.9. The number of ketones is 1. The number of anilines is 1. The zero-order chi connectivity index (χ0) is 21.5. The standard InChI is InChI=1S/C25H23NO3S2/c27-23(17-29-22-12-10-19(11-13-22)25-30-14-5-15-31-25)26-21-9-4-8-20(16-21)24(28)18-6-2-1-3-7-18/h1-4,6-13,16,25H,5,14-15,17H2,(H,26,27). The van der Waals surface area contributed by atoms with Crippen LogP contribution in [-0.4, -0.2) is 29.8 Å². The number of ether oxygens (including phenoxy) is 1. The van der Waals surface area contributed by atoms with Crippen molar-refractivity contribution in [2.24, 2.45) is 0 Å². The molecule has 0 atom stereocenters. The number of hydrogen-bond donors (Lipinski definition) is 1. The Balaban J connectivity index is 1.31. The molecule has 0 aliphatic carbocycles. The highest BCUT2D eigenvalue weighted by Crippen LogP contribution is 2.43. The van der Waals surface area contributed by atoms with E-state index in [1.165, 1.54) is 23.5 Å². The van der Waals surface area contributed by atoms with Crippen LogP contribution in [0.25, 0.3) is 0 Å². The van der Waals surface area contributed by atoms with Crippen molar-refractivity contribution in [3.63, 3.8) is 0 Å². The molecule has 1 fully saturated rings. The first-order valence-electron chi connectivity index (χ1n) is 10.1. The molecule has 0 aromatic heterocycles. The van der Waals surface area contributed by atoms with Crippen molar-refractivity contribution in [3.05, 3.63) is 95.6 Å². The molecular formula is C25H23NO3S2. The lowest BCUT2D eigenvalue weighted by Gasteiger charge is -2.21. The number of carbonyl (C=O) groups is 2. The summed E-state index contributed by atoms with van der Waals surface area (Å²) in [6.07, 6.45) is 1.27. The molecule has 158 valence electrons. The third kappa shape index (κ3) is 5.93. The maximum atomic E-state index is 12.6. The van der Waals surface area contributed by atoms with E-state index in [-0.39, 0.29) is 18.3 Å². The summed E-state index contributed by atoms with van der Waals surface area (Å²) in [5.41, 5.74) is 2.99. The summed E-state index contributed by atoms with van der Waals surface area (Å²) >= 11 is 3.95. The van der Waals surface area contributed by atoms with E-state index in [4.69, 9.17) is 4.74 Å². The molecule has 1 heterocycles. The van der Waals surface area contributed by atoms with Gasteiger partial charge >= 0.3 is 0 Å². The fourth-order valence-electron chi connectivity index (χ4n) is 3.24. The van der Waals surface area contributed by atoms with Gasteiger partial charge < -0.3 is 10.1 Å². The molecule has 3 aromatic rings. The summed E-state index contributed by atoms with van der Waals surface area (Å²) in [5, 5.41) is 2.80. The van der Waals surface area contributed by atoms with Gasteiger partial charge in [0.25, 0.3) is 5.91 Å². The van der Waals surface area contributed by atoms with Gasteiger partial charge in [0.2, 0.25) is 0 Å². The predicted octanol–water partition coefficient (Wildman–Crippen LogP) is 5.80. The summed E-state index contributed by atoms with van der Waals surface area (Å²) in [6.45, 7) is -0.0941. The number of benzene rings is 3. The summed E-state index contributed by atoms with van der Waals surface area (Å²) in [7, 11) is 0. The van der Waals surface area contributed by atoms with Crippen LogP contribution < -0.4 is 10.1 Å². The van der Waals surface area contributed by atoms with Crippen molar-refractivity contribution in [3.8, 4) is 5.75 Å². The van der Waals surface area contributed by atoms with Crippen LogP contribution in [0.2, 0.25) is 0 Å². The van der Waals surface area contributed by atoms with Crippen molar-refractivity contribution >= 4 is 40.9 Å². The minimum atomic E-state index is -0.272. The highest BCUT2D eigenvalue weighted by atomic mass is 32.2. The van der Waals surface area contributed by atoms with Gasteiger partial charge in [-0.15, -0.1) is 23.5 Å². The van der Waals surface area contributed by atoms with E-state index in [9.17, 15) is 9.59 Å². The third-order valence-electron chi connectivity index (χ3n) is 4.79. The Hall–Kier alpha value is -2.70. The van der Waals surface area contributed by atoms with Gasteiger partial charge in [0.15, 0.2) is 12.4 Å². The molecule has 1 amide bonds. The van der Waals surface area contributed by atoms with Crippen LogP contribution in [0.15, 0.2) is 78.9 Å². The van der Waals surface area contributed by atoms with Crippen LogP contribution in [0.5, 0.6) is 5.75 Å². The van der Waals surface area contributed by atoms with Gasteiger partial charge in [-0.1, -0.05) is 54.6 Å². The maximum absolute atomic E-state index is 12.6. The highest BCUT2D eigenvalue weighted by molar-refractivity contribution is 8.16. The van der Waals surface area contributed by atoms with Crippen LogP contribution in [0.4, 0.5) is 5.69 Å². The van der Waals surface area contributed by atoms with Crippen molar-refractivity contribution in [2.45, 2.75) is 11.0 Å². The molecule has 4 rings (SSSR count). The zero-order valence-corrected chi connectivity index (χ0v) is 18.6. The lowest BCUT2D eigenvalue weighted by Crippen LogP contribution is -2.20. The average Bonchev–Trinajstić information content (AvgIpc) is 2.84.